The van der Waals surface area contributed by atoms with Crippen LogP contribution in [0.15, 0.2) is 16.7 Å². The van der Waals surface area contributed by atoms with Crippen molar-refractivity contribution in [3.05, 3.63) is 27.5 Å². The summed E-state index contributed by atoms with van der Waals surface area (Å²) in [5, 5.41) is 9.41. The van der Waals surface area contributed by atoms with Gasteiger partial charge in [0, 0.05) is 23.8 Å². The number of aromatic nitrogens is 1. The maximum absolute atomic E-state index is 12.5. The first-order valence-electron chi connectivity index (χ1n) is 6.17. The second-order valence-electron chi connectivity index (χ2n) is 5.19. The number of piperidine rings is 1. The van der Waals surface area contributed by atoms with Gasteiger partial charge in [-0.05, 0) is 41.8 Å². The number of hydrogen-bond acceptors (Lipinski definition) is 3. The zero-order valence-corrected chi connectivity index (χ0v) is 13.2. The van der Waals surface area contributed by atoms with E-state index in [0.29, 0.717) is 23.9 Å². The van der Waals surface area contributed by atoms with Gasteiger partial charge in [-0.3, -0.25) is 9.59 Å². The summed E-state index contributed by atoms with van der Waals surface area (Å²) in [6.07, 6.45) is 2.74. The lowest BCUT2D eigenvalue weighted by Gasteiger charge is -2.37. The maximum atomic E-state index is 12.5. The summed E-state index contributed by atoms with van der Waals surface area (Å²) in [4.78, 5) is 29.2. The molecule has 1 fully saturated rings. The van der Waals surface area contributed by atoms with Crippen molar-refractivity contribution in [2.75, 3.05) is 13.1 Å². The normalized spacial score (nSPS) is 22.6. The second kappa shape index (κ2) is 5.69. The molecule has 2 rings (SSSR count). The smallest absolute Gasteiger partial charge is 0.311 e. The monoisotopic (exact) mass is 360 g/mol. The highest BCUT2D eigenvalue weighted by atomic mass is 79.9. The number of amides is 1. The van der Waals surface area contributed by atoms with Gasteiger partial charge < -0.3 is 10.0 Å². The average molecular weight is 362 g/mol. The molecule has 1 aliphatic rings. The van der Waals surface area contributed by atoms with E-state index in [1.807, 2.05) is 0 Å². The third-order valence-electron chi connectivity index (χ3n) is 3.54. The number of carbonyl (C=O) groups excluding carboxylic acids is 1. The van der Waals surface area contributed by atoms with Crippen LogP contribution in [0, 0.1) is 5.41 Å². The molecule has 7 heteroatoms. The van der Waals surface area contributed by atoms with Gasteiger partial charge in [-0.15, -0.1) is 0 Å². The van der Waals surface area contributed by atoms with E-state index in [4.69, 9.17) is 11.6 Å². The van der Waals surface area contributed by atoms with E-state index in [1.165, 1.54) is 11.1 Å². The van der Waals surface area contributed by atoms with E-state index >= 15 is 0 Å². The fourth-order valence-corrected chi connectivity index (χ4v) is 2.85. The number of aliphatic carboxylic acids is 1. The van der Waals surface area contributed by atoms with Crippen LogP contribution < -0.4 is 0 Å². The van der Waals surface area contributed by atoms with Crippen LogP contribution in [0.25, 0.3) is 0 Å². The lowest BCUT2D eigenvalue weighted by Crippen LogP contribution is -2.48. The summed E-state index contributed by atoms with van der Waals surface area (Å²) in [5.74, 6) is -1.16. The molecular weight excluding hydrogens is 348 g/mol. The van der Waals surface area contributed by atoms with E-state index in [1.54, 1.807) is 13.0 Å². The van der Waals surface area contributed by atoms with Gasteiger partial charge in [0.2, 0.25) is 0 Å². The number of rotatable bonds is 2. The predicted molar refractivity (Wildman–Crippen MR) is 77.8 cm³/mol. The van der Waals surface area contributed by atoms with Crippen LogP contribution >= 0.6 is 27.5 Å². The number of carboxylic acids is 1. The number of likely N-dealkylation sites (tertiary alicyclic amines) is 1. The van der Waals surface area contributed by atoms with Crippen LogP contribution in [0.2, 0.25) is 5.15 Å². The predicted octanol–water partition coefficient (Wildman–Crippen LogP) is 2.82. The van der Waals surface area contributed by atoms with Crippen molar-refractivity contribution < 1.29 is 14.7 Å². The first-order valence-corrected chi connectivity index (χ1v) is 7.34. The van der Waals surface area contributed by atoms with Gasteiger partial charge in [0.1, 0.15) is 5.15 Å². The Morgan fingerprint density at radius 3 is 2.90 bits per heavy atom. The molecule has 1 aromatic heterocycles. The van der Waals surface area contributed by atoms with Gasteiger partial charge in [0.15, 0.2) is 0 Å². The minimum atomic E-state index is -0.903. The van der Waals surface area contributed by atoms with Gasteiger partial charge in [0.25, 0.3) is 5.91 Å². The van der Waals surface area contributed by atoms with Gasteiger partial charge in [-0.25, -0.2) is 4.98 Å². The summed E-state index contributed by atoms with van der Waals surface area (Å²) >= 11 is 9.20. The van der Waals surface area contributed by atoms with Gasteiger partial charge in [0.05, 0.1) is 11.0 Å². The largest absolute Gasteiger partial charge is 0.481 e. The Hall–Kier alpha value is -1.14. The number of halogens is 2. The molecule has 0 spiro atoms. The lowest BCUT2D eigenvalue weighted by atomic mass is 9.82. The highest BCUT2D eigenvalue weighted by molar-refractivity contribution is 9.10. The Morgan fingerprint density at radius 2 is 2.25 bits per heavy atom. The van der Waals surface area contributed by atoms with Crippen molar-refractivity contribution in [2.45, 2.75) is 19.8 Å². The standard InChI is InChI=1S/C13H14BrClN2O3/c1-13(12(19)20)3-2-4-17(7-13)11(18)9-5-8(14)6-16-10(9)15/h5-6H,2-4,7H2,1H3,(H,19,20). The summed E-state index contributed by atoms with van der Waals surface area (Å²) in [7, 11) is 0. The van der Waals surface area contributed by atoms with Gasteiger partial charge in [-0.1, -0.05) is 11.6 Å². The van der Waals surface area contributed by atoms with E-state index in [9.17, 15) is 14.7 Å². The molecule has 0 radical (unpaired) electrons. The zero-order valence-electron chi connectivity index (χ0n) is 10.9. The molecule has 0 bridgehead atoms. The Bertz CT molecular complexity index is 567. The SMILES string of the molecule is CC1(C(=O)O)CCCN(C(=O)c2cc(Br)cnc2Cl)C1. The Kier molecular flexibility index (Phi) is 4.34. The van der Waals surface area contributed by atoms with E-state index in [-0.39, 0.29) is 23.2 Å². The minimum absolute atomic E-state index is 0.126. The molecule has 5 nitrogen and oxygen atoms in total. The highest BCUT2D eigenvalue weighted by Crippen LogP contribution is 2.31. The summed E-state index contributed by atoms with van der Waals surface area (Å²) < 4.78 is 0.656. The molecule has 0 aromatic carbocycles. The number of carbonyl (C=O) groups is 2. The van der Waals surface area contributed by atoms with Crippen molar-refractivity contribution >= 4 is 39.4 Å². The molecule has 20 heavy (non-hydrogen) atoms. The molecule has 0 aliphatic carbocycles. The first kappa shape index (κ1) is 15.3. The Labute approximate surface area is 130 Å². The van der Waals surface area contributed by atoms with Gasteiger partial charge >= 0.3 is 5.97 Å². The first-order chi connectivity index (χ1) is 9.33. The molecule has 1 unspecified atom stereocenters. The highest BCUT2D eigenvalue weighted by Gasteiger charge is 2.39. The molecule has 1 aliphatic heterocycles. The topological polar surface area (TPSA) is 70.5 Å². The molecule has 1 atom stereocenters. The fraction of sp³-hybridized carbons (Fsp3) is 0.462. The minimum Gasteiger partial charge on any atom is -0.481 e. The van der Waals surface area contributed by atoms with Crippen LogP contribution in [0.5, 0.6) is 0 Å². The number of hydrogen-bond donors (Lipinski definition) is 1. The molecule has 1 saturated heterocycles. The van der Waals surface area contributed by atoms with E-state index < -0.39 is 11.4 Å². The molecule has 1 aromatic rings. The van der Waals surface area contributed by atoms with E-state index in [2.05, 4.69) is 20.9 Å². The lowest BCUT2D eigenvalue weighted by molar-refractivity contribution is -0.150. The summed E-state index contributed by atoms with van der Waals surface area (Å²) in [6.45, 7) is 2.38. The van der Waals surface area contributed by atoms with Crippen LogP contribution in [-0.4, -0.2) is 40.0 Å². The summed E-state index contributed by atoms with van der Waals surface area (Å²) in [6, 6.07) is 1.60. The fourth-order valence-electron chi connectivity index (χ4n) is 2.33. The number of carboxylic acid groups (broad SMARTS) is 1. The zero-order chi connectivity index (χ0) is 14.9. The van der Waals surface area contributed by atoms with Crippen molar-refractivity contribution in [3.8, 4) is 0 Å². The maximum Gasteiger partial charge on any atom is 0.311 e. The van der Waals surface area contributed by atoms with Crippen LogP contribution in [0.1, 0.15) is 30.1 Å². The Balaban J connectivity index is 2.25. The van der Waals surface area contributed by atoms with E-state index in [0.717, 1.165) is 0 Å². The van der Waals surface area contributed by atoms with Crippen LogP contribution in [0.4, 0.5) is 0 Å². The summed E-state index contributed by atoms with van der Waals surface area (Å²) in [5.41, 5.74) is -0.615. The molecule has 2 heterocycles. The quantitative estimate of drug-likeness (QED) is 0.822. The molecule has 1 N–H and O–H groups in total. The van der Waals surface area contributed by atoms with Crippen molar-refractivity contribution in [2.24, 2.45) is 5.41 Å². The number of nitrogens with zero attached hydrogens (tertiary/aromatic N) is 2. The van der Waals surface area contributed by atoms with Crippen LogP contribution in [0.3, 0.4) is 0 Å². The van der Waals surface area contributed by atoms with Gasteiger partial charge in [-0.2, -0.15) is 0 Å². The second-order valence-corrected chi connectivity index (χ2v) is 6.46. The Morgan fingerprint density at radius 1 is 1.55 bits per heavy atom. The van der Waals surface area contributed by atoms with Crippen molar-refractivity contribution in [1.82, 2.24) is 9.88 Å². The van der Waals surface area contributed by atoms with Crippen LogP contribution in [-0.2, 0) is 4.79 Å². The average Bonchev–Trinajstić information content (AvgIpc) is 2.40. The third kappa shape index (κ3) is 2.96. The molecule has 0 saturated carbocycles. The van der Waals surface area contributed by atoms with Crippen molar-refractivity contribution in [3.63, 3.8) is 0 Å². The third-order valence-corrected chi connectivity index (χ3v) is 4.27. The number of pyridine rings is 1. The molecule has 1 amide bonds. The molecular formula is C13H14BrClN2O3. The molecule has 108 valence electrons. The van der Waals surface area contributed by atoms with Crippen molar-refractivity contribution in [1.29, 1.82) is 0 Å².